The van der Waals surface area contributed by atoms with Gasteiger partial charge in [-0.05, 0) is 138 Å². The van der Waals surface area contributed by atoms with Crippen molar-refractivity contribution in [2.75, 3.05) is 26.2 Å². The Morgan fingerprint density at radius 1 is 0.944 bits per heavy atom. The SMILES string of the molecule is Cc1cc(-n2nc3c(c2-n2ccn(-c4ccc5c(cnn5C)c4F)c2=O)[C@H](C)N(C(=O)c2cc4cc([C@H]5CCOC(C)(C)C5)ccc4n2[C@@]2(c4noc(=O)[nH]4)C[C@@H]2C)CC32CCCN(C=O)C2)cc(C)c1F. The second kappa shape index (κ2) is 16.0. The number of likely N-dealkylation sites (tertiary alicyclic amines) is 1. The molecule has 1 saturated carbocycles. The summed E-state index contributed by atoms with van der Waals surface area (Å²) in [6.45, 7) is 13.0. The van der Waals surface area contributed by atoms with E-state index in [0.717, 1.165) is 35.7 Å². The molecule has 4 aliphatic rings. The van der Waals surface area contributed by atoms with Crippen LogP contribution in [0, 0.1) is 31.4 Å². The summed E-state index contributed by atoms with van der Waals surface area (Å²) in [7, 11) is 1.71. The van der Waals surface area contributed by atoms with Gasteiger partial charge in [-0.3, -0.25) is 32.9 Å². The van der Waals surface area contributed by atoms with Crippen molar-refractivity contribution in [3.8, 4) is 17.2 Å². The first-order valence-corrected chi connectivity index (χ1v) is 24.6. The van der Waals surface area contributed by atoms with Gasteiger partial charge in [-0.25, -0.2) is 23.1 Å². The van der Waals surface area contributed by atoms with E-state index in [-0.39, 0.29) is 59.1 Å². The van der Waals surface area contributed by atoms with Crippen LogP contribution in [0.25, 0.3) is 39.0 Å². The van der Waals surface area contributed by atoms with Crippen LogP contribution >= 0.6 is 0 Å². The zero-order valence-corrected chi connectivity index (χ0v) is 41.2. The number of nitrogens with one attached hydrogen (secondary N) is 1. The number of imidazole rings is 1. The summed E-state index contributed by atoms with van der Waals surface area (Å²) in [6, 6.07) is 14.1. The van der Waals surface area contributed by atoms with Crippen molar-refractivity contribution in [1.29, 1.82) is 0 Å². The standard InChI is InChI=1S/C53H55F2N11O6/c1-29-19-36(20-30(2)43(29)54)66-46(63-17-16-62(50(63)70)40-12-11-39-37(44(40)55)25-56-60(39)7)42-32(4)64(27-52(45(42)58-66)14-8-15-61(26-52)28-67)47(68)41-22-35-21-33(34-13-18-71-51(5,6)24-34)9-10-38(35)65(41)53(23-31(53)3)48-57-49(69)72-59-48/h9-12,16-17,19-22,25,28,31-32,34H,8,13-15,18,23-24,26-27H2,1-7H3,(H,57,59,69)/t31-,32-,34-,52?,53-/m0/s1. The van der Waals surface area contributed by atoms with E-state index in [1.165, 1.54) is 27.6 Å². The Kier molecular flexibility index (Phi) is 10.2. The van der Waals surface area contributed by atoms with Gasteiger partial charge < -0.3 is 19.1 Å². The van der Waals surface area contributed by atoms with Gasteiger partial charge in [0.2, 0.25) is 6.41 Å². The van der Waals surface area contributed by atoms with Crippen molar-refractivity contribution >= 4 is 34.1 Å². The van der Waals surface area contributed by atoms with Crippen molar-refractivity contribution in [2.45, 2.75) is 102 Å². The van der Waals surface area contributed by atoms with Crippen molar-refractivity contribution < 1.29 is 27.6 Å². The number of hydrogen-bond acceptors (Lipinski definition) is 9. The summed E-state index contributed by atoms with van der Waals surface area (Å²) in [4.78, 5) is 63.0. The van der Waals surface area contributed by atoms with E-state index in [9.17, 15) is 9.59 Å². The molecule has 8 aromatic rings. The van der Waals surface area contributed by atoms with Gasteiger partial charge in [-0.2, -0.15) is 10.2 Å². The summed E-state index contributed by atoms with van der Waals surface area (Å²) in [5.74, 6) is -1.26. The number of halogens is 2. The van der Waals surface area contributed by atoms with Gasteiger partial charge in [0.1, 0.15) is 22.9 Å². The van der Waals surface area contributed by atoms with Crippen LogP contribution in [-0.2, 0) is 27.5 Å². The average molecular weight is 980 g/mol. The molecule has 19 heteroatoms. The number of hydrogen-bond donors (Lipinski definition) is 1. The highest BCUT2D eigenvalue weighted by atomic mass is 19.1. The van der Waals surface area contributed by atoms with Crippen LogP contribution < -0.4 is 11.4 Å². The van der Waals surface area contributed by atoms with E-state index >= 15 is 18.4 Å². The second-order valence-corrected chi connectivity index (χ2v) is 21.3. The van der Waals surface area contributed by atoms with Crippen LogP contribution in [0.2, 0.25) is 0 Å². The van der Waals surface area contributed by atoms with Crippen molar-refractivity contribution in [3.63, 3.8) is 0 Å². The summed E-state index contributed by atoms with van der Waals surface area (Å²) in [5, 5.41) is 14.9. The molecular weight excluding hydrogens is 925 g/mol. The maximum Gasteiger partial charge on any atom is 0.438 e. The molecule has 5 atom stereocenters. The number of ether oxygens (including phenoxy) is 1. The quantitative estimate of drug-likeness (QED) is 0.152. The third kappa shape index (κ3) is 6.75. The minimum Gasteiger partial charge on any atom is -0.376 e. The van der Waals surface area contributed by atoms with Crippen molar-refractivity contribution in [1.82, 2.24) is 53.2 Å². The number of aromatic amines is 1. The predicted molar refractivity (Wildman–Crippen MR) is 262 cm³/mol. The van der Waals surface area contributed by atoms with Gasteiger partial charge in [0, 0.05) is 62.1 Å². The van der Waals surface area contributed by atoms with Crippen LogP contribution in [0.5, 0.6) is 0 Å². The first-order valence-electron chi connectivity index (χ1n) is 24.6. The minimum atomic E-state index is -0.938. The fraction of sp³-hybridized carbons (Fsp3) is 0.415. The maximum atomic E-state index is 16.4. The Morgan fingerprint density at radius 3 is 2.40 bits per heavy atom. The fourth-order valence-corrected chi connectivity index (χ4v) is 12.6. The van der Waals surface area contributed by atoms with Gasteiger partial charge in [0.05, 0.1) is 51.2 Å². The predicted octanol–water partition coefficient (Wildman–Crippen LogP) is 7.39. The minimum absolute atomic E-state index is 0.0103. The molecule has 372 valence electrons. The van der Waals surface area contributed by atoms with Crippen LogP contribution in [0.15, 0.2) is 81.2 Å². The molecule has 1 unspecified atom stereocenters. The number of carbonyl (C=O) groups is 2. The summed E-state index contributed by atoms with van der Waals surface area (Å²) in [5.41, 5.74) is 2.40. The number of amides is 2. The molecule has 8 heterocycles. The van der Waals surface area contributed by atoms with E-state index in [1.54, 1.807) is 59.6 Å². The van der Waals surface area contributed by atoms with Gasteiger partial charge in [0.25, 0.3) is 5.91 Å². The molecule has 1 N–H and O–H groups in total. The molecule has 17 nitrogen and oxygen atoms in total. The lowest BCUT2D eigenvalue weighted by atomic mass is 9.71. The Morgan fingerprint density at radius 2 is 1.69 bits per heavy atom. The summed E-state index contributed by atoms with van der Waals surface area (Å²) < 4.78 is 50.9. The molecule has 2 saturated heterocycles. The topological polar surface area (TPSA) is 176 Å². The Hall–Kier alpha value is -7.41. The van der Waals surface area contributed by atoms with Gasteiger partial charge in [0.15, 0.2) is 11.6 Å². The maximum absolute atomic E-state index is 16.4. The molecule has 1 aliphatic carbocycles. The molecule has 3 fully saturated rings. The van der Waals surface area contributed by atoms with Crippen molar-refractivity contribution in [3.05, 3.63) is 139 Å². The first kappa shape index (κ1) is 45.7. The van der Waals surface area contributed by atoms with E-state index in [1.807, 2.05) is 22.5 Å². The number of piperidine rings is 1. The van der Waals surface area contributed by atoms with Crippen LogP contribution in [0.4, 0.5) is 8.78 Å². The summed E-state index contributed by atoms with van der Waals surface area (Å²) >= 11 is 0. The van der Waals surface area contributed by atoms with Crippen LogP contribution in [0.1, 0.15) is 116 Å². The number of benzene rings is 3. The number of aromatic nitrogens is 9. The number of H-pyrrole nitrogens is 1. The second-order valence-electron chi connectivity index (χ2n) is 21.3. The molecular formula is C53H55F2N11O6. The average Bonchev–Trinajstić information content (AvgIpc) is 4.00. The van der Waals surface area contributed by atoms with E-state index in [4.69, 9.17) is 14.4 Å². The molecule has 3 aromatic carbocycles. The highest BCUT2D eigenvalue weighted by Gasteiger charge is 2.60. The number of fused-ring (bicyclic) bond motifs is 4. The Bertz CT molecular complexity index is 3660. The highest BCUT2D eigenvalue weighted by Crippen LogP contribution is 2.56. The van der Waals surface area contributed by atoms with E-state index in [0.29, 0.717) is 77.5 Å². The normalized spacial score (nSPS) is 23.9. The molecule has 0 radical (unpaired) electrons. The molecule has 0 bridgehead atoms. The molecule has 2 amide bonds. The highest BCUT2D eigenvalue weighted by molar-refractivity contribution is 6.00. The van der Waals surface area contributed by atoms with Crippen molar-refractivity contribution in [2.24, 2.45) is 13.0 Å². The van der Waals surface area contributed by atoms with E-state index in [2.05, 4.69) is 54.2 Å². The third-order valence-corrected chi connectivity index (χ3v) is 16.3. The number of aryl methyl sites for hydroxylation is 3. The van der Waals surface area contributed by atoms with Gasteiger partial charge in [-0.15, -0.1) is 0 Å². The molecule has 5 aromatic heterocycles. The fourth-order valence-electron chi connectivity index (χ4n) is 12.6. The molecule has 12 rings (SSSR count). The number of rotatable bonds is 8. The summed E-state index contributed by atoms with van der Waals surface area (Å²) in [6.07, 6.45) is 8.67. The lowest BCUT2D eigenvalue weighted by molar-refractivity contribution is -0.120. The molecule has 72 heavy (non-hydrogen) atoms. The van der Waals surface area contributed by atoms with Gasteiger partial charge in [-0.1, -0.05) is 18.1 Å². The number of nitrogens with zero attached hydrogens (tertiary/aromatic N) is 10. The largest absolute Gasteiger partial charge is 0.438 e. The molecule has 1 spiro atoms. The first-order chi connectivity index (χ1) is 34.4. The smallest absolute Gasteiger partial charge is 0.376 e. The third-order valence-electron chi connectivity index (χ3n) is 16.3. The van der Waals surface area contributed by atoms with Gasteiger partial charge >= 0.3 is 11.4 Å². The zero-order chi connectivity index (χ0) is 50.3. The lowest BCUT2D eigenvalue weighted by Gasteiger charge is -2.49. The zero-order valence-electron chi connectivity index (χ0n) is 41.2. The number of carbonyl (C=O) groups excluding carboxylic acids is 2. The van der Waals surface area contributed by atoms with Crippen LogP contribution in [0.3, 0.4) is 0 Å². The monoisotopic (exact) mass is 979 g/mol. The lowest BCUT2D eigenvalue weighted by Crippen LogP contribution is -2.57. The Labute approximate surface area is 411 Å². The Balaban J connectivity index is 1.08. The molecule has 3 aliphatic heterocycles. The van der Waals surface area contributed by atoms with E-state index < -0.39 is 34.3 Å². The van der Waals surface area contributed by atoms with Crippen LogP contribution in [-0.4, -0.2) is 97.4 Å².